The number of benzene rings is 1. The van der Waals surface area contributed by atoms with E-state index in [0.29, 0.717) is 6.54 Å². The lowest BCUT2D eigenvalue weighted by Crippen LogP contribution is -2.41. The molecule has 2 N–H and O–H groups in total. The molecule has 1 aromatic heterocycles. The molecule has 3 rings (SSSR count). The number of piperidine rings is 1. The van der Waals surface area contributed by atoms with Gasteiger partial charge in [0, 0.05) is 24.7 Å². The monoisotopic (exact) mass is 296 g/mol. The molecule has 5 heteroatoms. The van der Waals surface area contributed by atoms with E-state index in [2.05, 4.69) is 46.1 Å². The van der Waals surface area contributed by atoms with Gasteiger partial charge in [-0.05, 0) is 19.8 Å². The Labute approximate surface area is 130 Å². The summed E-state index contributed by atoms with van der Waals surface area (Å²) >= 11 is 0. The van der Waals surface area contributed by atoms with Gasteiger partial charge in [-0.15, -0.1) is 0 Å². The molecule has 1 atom stereocenters. The number of primary amides is 1. The summed E-state index contributed by atoms with van der Waals surface area (Å²) in [5.74, 6) is 0.542. The Morgan fingerprint density at radius 3 is 2.77 bits per heavy atom. The molecule has 2 aromatic rings. The first-order valence-electron chi connectivity index (χ1n) is 7.57. The highest BCUT2D eigenvalue weighted by Gasteiger charge is 2.24. The molecule has 0 radical (unpaired) electrons. The number of carbonyl (C=O) groups excluding carboxylic acids is 1. The zero-order valence-corrected chi connectivity index (χ0v) is 12.7. The molecule has 0 bridgehead atoms. The number of nitrogens with two attached hydrogens (primary N) is 1. The molecule has 1 aliphatic rings. The second-order valence-corrected chi connectivity index (χ2v) is 5.82. The van der Waals surface area contributed by atoms with E-state index in [1.54, 1.807) is 6.33 Å². The Morgan fingerprint density at radius 1 is 1.27 bits per heavy atom. The van der Waals surface area contributed by atoms with Crippen LogP contribution >= 0.6 is 0 Å². The van der Waals surface area contributed by atoms with Gasteiger partial charge in [-0.25, -0.2) is 9.97 Å². The number of carbonyl (C=O) groups is 1. The van der Waals surface area contributed by atoms with Crippen LogP contribution in [0, 0.1) is 12.8 Å². The minimum Gasteiger partial charge on any atom is -0.369 e. The lowest BCUT2D eigenvalue weighted by molar-refractivity contribution is -0.122. The lowest BCUT2D eigenvalue weighted by atomic mass is 9.97. The number of nitrogens with zero attached hydrogens (tertiary/aromatic N) is 3. The third-order valence-corrected chi connectivity index (χ3v) is 4.15. The summed E-state index contributed by atoms with van der Waals surface area (Å²) in [6, 6.07) is 10.2. The summed E-state index contributed by atoms with van der Waals surface area (Å²) in [7, 11) is 0. The molecule has 0 aliphatic carbocycles. The summed E-state index contributed by atoms with van der Waals surface area (Å²) in [4.78, 5) is 22.3. The van der Waals surface area contributed by atoms with E-state index in [-0.39, 0.29) is 11.8 Å². The Hall–Kier alpha value is -2.43. The third-order valence-electron chi connectivity index (χ3n) is 4.15. The van der Waals surface area contributed by atoms with Crippen molar-refractivity contribution in [1.82, 2.24) is 9.97 Å². The molecule has 1 aliphatic heterocycles. The van der Waals surface area contributed by atoms with Crippen LogP contribution in [0.1, 0.15) is 18.4 Å². The minimum atomic E-state index is -0.225. The fraction of sp³-hybridized carbons (Fsp3) is 0.353. The van der Waals surface area contributed by atoms with Crippen molar-refractivity contribution in [2.75, 3.05) is 18.0 Å². The maximum Gasteiger partial charge on any atom is 0.222 e. The van der Waals surface area contributed by atoms with Crippen molar-refractivity contribution < 1.29 is 4.79 Å². The molecule has 1 unspecified atom stereocenters. The summed E-state index contributed by atoms with van der Waals surface area (Å²) in [5.41, 5.74) is 8.63. The van der Waals surface area contributed by atoms with Crippen LogP contribution in [-0.2, 0) is 4.79 Å². The smallest absolute Gasteiger partial charge is 0.222 e. The van der Waals surface area contributed by atoms with Crippen molar-refractivity contribution in [3.8, 4) is 11.3 Å². The van der Waals surface area contributed by atoms with E-state index in [4.69, 9.17) is 5.73 Å². The minimum absolute atomic E-state index is 0.0912. The molecule has 22 heavy (non-hydrogen) atoms. The largest absolute Gasteiger partial charge is 0.369 e. The van der Waals surface area contributed by atoms with Gasteiger partial charge >= 0.3 is 0 Å². The molecule has 2 heterocycles. The quantitative estimate of drug-likeness (QED) is 0.942. The first kappa shape index (κ1) is 14.5. The maximum atomic E-state index is 11.4. The van der Waals surface area contributed by atoms with E-state index in [1.165, 1.54) is 5.56 Å². The van der Waals surface area contributed by atoms with Gasteiger partial charge in [0.1, 0.15) is 12.1 Å². The summed E-state index contributed by atoms with van der Waals surface area (Å²) < 4.78 is 0. The normalized spacial score (nSPS) is 18.2. The van der Waals surface area contributed by atoms with Gasteiger partial charge in [0.2, 0.25) is 5.91 Å². The van der Waals surface area contributed by atoms with Gasteiger partial charge in [-0.2, -0.15) is 0 Å². The van der Waals surface area contributed by atoms with Crippen molar-refractivity contribution in [3.63, 3.8) is 0 Å². The van der Waals surface area contributed by atoms with E-state index >= 15 is 0 Å². The highest BCUT2D eigenvalue weighted by molar-refractivity contribution is 5.77. The van der Waals surface area contributed by atoms with E-state index in [0.717, 1.165) is 36.5 Å². The number of aromatic nitrogens is 2. The number of amides is 1. The Bertz CT molecular complexity index is 669. The fourth-order valence-electron chi connectivity index (χ4n) is 2.82. The van der Waals surface area contributed by atoms with Crippen LogP contribution < -0.4 is 10.6 Å². The summed E-state index contributed by atoms with van der Waals surface area (Å²) in [6.45, 7) is 3.60. The number of anilines is 1. The SMILES string of the molecule is Cc1ccc(-c2cc(N3CCCC(C(N)=O)C3)ncn2)cc1. The van der Waals surface area contributed by atoms with Crippen LogP contribution in [-0.4, -0.2) is 29.0 Å². The highest BCUT2D eigenvalue weighted by Crippen LogP contribution is 2.25. The second kappa shape index (κ2) is 6.13. The zero-order valence-electron chi connectivity index (χ0n) is 12.7. The highest BCUT2D eigenvalue weighted by atomic mass is 16.1. The molecule has 0 spiro atoms. The van der Waals surface area contributed by atoms with Crippen molar-refractivity contribution >= 4 is 11.7 Å². The summed E-state index contributed by atoms with van der Waals surface area (Å²) in [5, 5.41) is 0. The van der Waals surface area contributed by atoms with Crippen molar-refractivity contribution in [2.24, 2.45) is 11.7 Å². The zero-order chi connectivity index (χ0) is 15.5. The van der Waals surface area contributed by atoms with Crippen LogP contribution in [0.5, 0.6) is 0 Å². The lowest BCUT2D eigenvalue weighted by Gasteiger charge is -2.32. The first-order chi connectivity index (χ1) is 10.6. The Morgan fingerprint density at radius 2 is 2.05 bits per heavy atom. The van der Waals surface area contributed by atoms with Gasteiger partial charge in [0.15, 0.2) is 0 Å². The van der Waals surface area contributed by atoms with Gasteiger partial charge in [-0.1, -0.05) is 29.8 Å². The number of hydrogen-bond acceptors (Lipinski definition) is 4. The molecular formula is C17H20N4O. The summed E-state index contributed by atoms with van der Waals surface area (Å²) in [6.07, 6.45) is 3.40. The number of rotatable bonds is 3. The van der Waals surface area contributed by atoms with Crippen LogP contribution in [0.2, 0.25) is 0 Å². The molecule has 1 saturated heterocycles. The number of aryl methyl sites for hydroxylation is 1. The number of hydrogen-bond donors (Lipinski definition) is 1. The predicted molar refractivity (Wildman–Crippen MR) is 86.3 cm³/mol. The average Bonchev–Trinajstić information content (AvgIpc) is 2.56. The Balaban J connectivity index is 1.84. The molecule has 0 saturated carbocycles. The first-order valence-corrected chi connectivity index (χ1v) is 7.57. The van der Waals surface area contributed by atoms with Crippen LogP contribution in [0.3, 0.4) is 0 Å². The van der Waals surface area contributed by atoms with Gasteiger partial charge in [0.05, 0.1) is 11.6 Å². The molecule has 1 fully saturated rings. The van der Waals surface area contributed by atoms with Gasteiger partial charge < -0.3 is 10.6 Å². The van der Waals surface area contributed by atoms with Crippen LogP contribution in [0.25, 0.3) is 11.3 Å². The van der Waals surface area contributed by atoms with Gasteiger partial charge in [0.25, 0.3) is 0 Å². The second-order valence-electron chi connectivity index (χ2n) is 5.82. The third kappa shape index (κ3) is 3.08. The molecule has 114 valence electrons. The predicted octanol–water partition coefficient (Wildman–Crippen LogP) is 2.15. The Kier molecular flexibility index (Phi) is 4.04. The van der Waals surface area contributed by atoms with E-state index < -0.39 is 0 Å². The molecule has 1 aromatic carbocycles. The maximum absolute atomic E-state index is 11.4. The molecular weight excluding hydrogens is 276 g/mol. The topological polar surface area (TPSA) is 72.1 Å². The van der Waals surface area contributed by atoms with Crippen LogP contribution in [0.15, 0.2) is 36.7 Å². The van der Waals surface area contributed by atoms with E-state index in [9.17, 15) is 4.79 Å². The van der Waals surface area contributed by atoms with E-state index in [1.807, 2.05) is 6.07 Å². The standard InChI is InChI=1S/C17H20N4O/c1-12-4-6-13(7-5-12)15-9-16(20-11-19-15)21-8-2-3-14(10-21)17(18)22/h4-7,9,11,14H,2-3,8,10H2,1H3,(H2,18,22). The van der Waals surface area contributed by atoms with Crippen LogP contribution in [0.4, 0.5) is 5.82 Å². The molecule has 5 nitrogen and oxygen atoms in total. The molecule has 1 amide bonds. The van der Waals surface area contributed by atoms with Crippen molar-refractivity contribution in [2.45, 2.75) is 19.8 Å². The van der Waals surface area contributed by atoms with Gasteiger partial charge in [-0.3, -0.25) is 4.79 Å². The fourth-order valence-corrected chi connectivity index (χ4v) is 2.82. The van der Waals surface area contributed by atoms with Crippen molar-refractivity contribution in [3.05, 3.63) is 42.2 Å². The van der Waals surface area contributed by atoms with Crippen molar-refractivity contribution in [1.29, 1.82) is 0 Å². The average molecular weight is 296 g/mol.